The van der Waals surface area contributed by atoms with Crippen molar-refractivity contribution < 1.29 is 9.53 Å². The number of esters is 1. The first kappa shape index (κ1) is 23.2. The third kappa shape index (κ3) is 16.1. The molecule has 0 fully saturated rings. The van der Waals surface area contributed by atoms with Crippen LogP contribution in [0.5, 0.6) is 0 Å². The quantitative estimate of drug-likeness (QED) is 0.157. The highest BCUT2D eigenvalue weighted by atomic mass is 16.5. The topological polar surface area (TPSA) is 26.3 Å². The number of hydrogen-bond donors (Lipinski definition) is 0. The van der Waals surface area contributed by atoms with E-state index in [1.807, 2.05) is 6.92 Å². The van der Waals surface area contributed by atoms with Gasteiger partial charge < -0.3 is 4.74 Å². The molecule has 142 valence electrons. The van der Waals surface area contributed by atoms with Crippen molar-refractivity contribution >= 4 is 5.97 Å². The van der Waals surface area contributed by atoms with Gasteiger partial charge in [0.05, 0.1) is 0 Å². The summed E-state index contributed by atoms with van der Waals surface area (Å²) in [5.74, 6) is -0.0259. The molecule has 2 heteroatoms. The molecule has 0 aromatic rings. The van der Waals surface area contributed by atoms with Crippen LogP contribution in [0.15, 0.2) is 12.2 Å². The van der Waals surface area contributed by atoms with Gasteiger partial charge in [-0.15, -0.1) is 0 Å². The molecule has 0 heterocycles. The Morgan fingerprint density at radius 2 is 1.38 bits per heavy atom. The summed E-state index contributed by atoms with van der Waals surface area (Å²) >= 11 is 0. The van der Waals surface area contributed by atoms with Crippen LogP contribution in [0.3, 0.4) is 0 Å². The van der Waals surface area contributed by atoms with Crippen LogP contribution in [0.1, 0.15) is 117 Å². The zero-order valence-corrected chi connectivity index (χ0v) is 16.7. The van der Waals surface area contributed by atoms with E-state index in [-0.39, 0.29) is 12.1 Å². The van der Waals surface area contributed by atoms with Gasteiger partial charge in [0, 0.05) is 6.42 Å². The number of carbonyl (C=O) groups is 1. The first-order chi connectivity index (χ1) is 11.7. The Bertz CT molecular complexity index is 296. The van der Waals surface area contributed by atoms with Gasteiger partial charge in [-0.05, 0) is 51.4 Å². The van der Waals surface area contributed by atoms with Crippen LogP contribution in [0.2, 0.25) is 0 Å². The molecule has 1 atom stereocenters. The third-order valence-electron chi connectivity index (χ3n) is 4.50. The van der Waals surface area contributed by atoms with Gasteiger partial charge in [-0.2, -0.15) is 0 Å². The molecule has 24 heavy (non-hydrogen) atoms. The van der Waals surface area contributed by atoms with E-state index in [0.717, 1.165) is 19.3 Å². The molecule has 0 saturated carbocycles. The maximum Gasteiger partial charge on any atom is 0.306 e. The SMILES string of the molecule is CCCCCCCCC=CCCCCCC(CC)OC(=O)CCC. The highest BCUT2D eigenvalue weighted by Crippen LogP contribution is 2.13. The van der Waals surface area contributed by atoms with Crippen LogP contribution in [-0.2, 0) is 9.53 Å². The second-order valence-electron chi connectivity index (χ2n) is 6.94. The standard InChI is InChI=1S/C22H42O2/c1-4-7-8-9-10-11-12-13-14-15-16-17-18-20-21(6-3)24-22(23)19-5-2/h13-14,21H,4-12,15-20H2,1-3H3. The first-order valence-corrected chi connectivity index (χ1v) is 10.6. The van der Waals surface area contributed by atoms with Gasteiger partial charge in [0.1, 0.15) is 6.10 Å². The van der Waals surface area contributed by atoms with E-state index in [2.05, 4.69) is 26.0 Å². The van der Waals surface area contributed by atoms with E-state index < -0.39 is 0 Å². The average molecular weight is 339 g/mol. The van der Waals surface area contributed by atoms with Crippen molar-refractivity contribution in [3.8, 4) is 0 Å². The van der Waals surface area contributed by atoms with E-state index in [1.54, 1.807) is 0 Å². The molecule has 0 aromatic heterocycles. The zero-order chi connectivity index (χ0) is 17.9. The highest BCUT2D eigenvalue weighted by Gasteiger charge is 2.11. The summed E-state index contributed by atoms with van der Waals surface area (Å²) in [6, 6.07) is 0. The van der Waals surface area contributed by atoms with Crippen molar-refractivity contribution in [2.24, 2.45) is 0 Å². The molecule has 0 N–H and O–H groups in total. The van der Waals surface area contributed by atoms with Gasteiger partial charge in [0.15, 0.2) is 0 Å². The molecule has 0 aliphatic rings. The Labute approximate surface area is 151 Å². The summed E-state index contributed by atoms with van der Waals surface area (Å²) in [5.41, 5.74) is 0. The van der Waals surface area contributed by atoms with E-state index in [4.69, 9.17) is 4.74 Å². The van der Waals surface area contributed by atoms with Gasteiger partial charge in [-0.1, -0.05) is 71.4 Å². The molecule has 0 rings (SSSR count). The van der Waals surface area contributed by atoms with E-state index >= 15 is 0 Å². The Morgan fingerprint density at radius 1 is 0.792 bits per heavy atom. The molecule has 0 aliphatic heterocycles. The number of ether oxygens (including phenoxy) is 1. The number of carbonyl (C=O) groups excluding carboxylic acids is 1. The predicted molar refractivity (Wildman–Crippen MR) is 105 cm³/mol. The summed E-state index contributed by atoms with van der Waals surface area (Å²) in [4.78, 5) is 11.5. The molecular weight excluding hydrogens is 296 g/mol. The minimum atomic E-state index is -0.0259. The Morgan fingerprint density at radius 3 is 1.96 bits per heavy atom. The third-order valence-corrected chi connectivity index (χ3v) is 4.50. The lowest BCUT2D eigenvalue weighted by Crippen LogP contribution is -2.17. The van der Waals surface area contributed by atoms with Crippen LogP contribution < -0.4 is 0 Å². The van der Waals surface area contributed by atoms with Crippen molar-refractivity contribution in [1.82, 2.24) is 0 Å². The summed E-state index contributed by atoms with van der Waals surface area (Å²) in [6.07, 6.45) is 22.6. The molecule has 1 unspecified atom stereocenters. The lowest BCUT2D eigenvalue weighted by Gasteiger charge is -2.15. The predicted octanol–water partition coefficient (Wildman–Crippen LogP) is 7.37. The van der Waals surface area contributed by atoms with Crippen LogP contribution in [-0.4, -0.2) is 12.1 Å². The normalized spacial score (nSPS) is 12.6. The summed E-state index contributed by atoms with van der Waals surface area (Å²) in [6.45, 7) is 6.39. The smallest absolute Gasteiger partial charge is 0.306 e. The van der Waals surface area contributed by atoms with Gasteiger partial charge in [0.2, 0.25) is 0 Å². The number of allylic oxidation sites excluding steroid dienone is 2. The van der Waals surface area contributed by atoms with E-state index in [9.17, 15) is 4.79 Å². The molecule has 2 nitrogen and oxygen atoms in total. The van der Waals surface area contributed by atoms with Gasteiger partial charge in [0.25, 0.3) is 0 Å². The van der Waals surface area contributed by atoms with Crippen LogP contribution in [0.4, 0.5) is 0 Å². The minimum absolute atomic E-state index is 0.0259. The largest absolute Gasteiger partial charge is 0.462 e. The second kappa shape index (κ2) is 18.5. The zero-order valence-electron chi connectivity index (χ0n) is 16.7. The van der Waals surface area contributed by atoms with Crippen molar-refractivity contribution in [2.75, 3.05) is 0 Å². The fourth-order valence-electron chi connectivity index (χ4n) is 2.88. The van der Waals surface area contributed by atoms with E-state index in [0.29, 0.717) is 6.42 Å². The van der Waals surface area contributed by atoms with Crippen molar-refractivity contribution in [3.63, 3.8) is 0 Å². The number of rotatable bonds is 17. The Kier molecular flexibility index (Phi) is 17.9. The maximum atomic E-state index is 11.5. The molecule has 0 bridgehead atoms. The lowest BCUT2D eigenvalue weighted by molar-refractivity contribution is -0.149. The number of hydrogen-bond acceptors (Lipinski definition) is 2. The van der Waals surface area contributed by atoms with Crippen molar-refractivity contribution in [1.29, 1.82) is 0 Å². The van der Waals surface area contributed by atoms with Crippen LogP contribution in [0, 0.1) is 0 Å². The molecular formula is C22H42O2. The lowest BCUT2D eigenvalue weighted by atomic mass is 10.1. The average Bonchev–Trinajstić information content (AvgIpc) is 2.58. The molecule has 0 amide bonds. The summed E-state index contributed by atoms with van der Waals surface area (Å²) in [5, 5.41) is 0. The molecule has 0 spiro atoms. The fourth-order valence-corrected chi connectivity index (χ4v) is 2.88. The first-order valence-electron chi connectivity index (χ1n) is 10.6. The second-order valence-corrected chi connectivity index (χ2v) is 6.94. The molecule has 0 aliphatic carbocycles. The Balaban J connectivity index is 3.42. The van der Waals surface area contributed by atoms with Gasteiger partial charge in [-0.3, -0.25) is 4.79 Å². The minimum Gasteiger partial charge on any atom is -0.462 e. The van der Waals surface area contributed by atoms with E-state index in [1.165, 1.54) is 70.6 Å². The summed E-state index contributed by atoms with van der Waals surface area (Å²) < 4.78 is 5.49. The Hall–Kier alpha value is -0.790. The monoisotopic (exact) mass is 338 g/mol. The van der Waals surface area contributed by atoms with Crippen LogP contribution in [0.25, 0.3) is 0 Å². The number of unbranched alkanes of at least 4 members (excludes halogenated alkanes) is 9. The molecule has 0 saturated heterocycles. The van der Waals surface area contributed by atoms with Crippen LogP contribution >= 0.6 is 0 Å². The maximum absolute atomic E-state index is 11.5. The van der Waals surface area contributed by atoms with Gasteiger partial charge >= 0.3 is 5.97 Å². The molecule has 0 aromatic carbocycles. The van der Waals surface area contributed by atoms with Crippen molar-refractivity contribution in [3.05, 3.63) is 12.2 Å². The molecule has 0 radical (unpaired) electrons. The van der Waals surface area contributed by atoms with Crippen molar-refractivity contribution in [2.45, 2.75) is 123 Å². The fraction of sp³-hybridized carbons (Fsp3) is 0.864. The highest BCUT2D eigenvalue weighted by molar-refractivity contribution is 5.69. The van der Waals surface area contributed by atoms with Gasteiger partial charge in [-0.25, -0.2) is 0 Å². The summed E-state index contributed by atoms with van der Waals surface area (Å²) in [7, 11) is 0.